The van der Waals surface area contributed by atoms with Crippen molar-refractivity contribution < 1.29 is 9.59 Å². The maximum atomic E-state index is 13.0. The van der Waals surface area contributed by atoms with Crippen LogP contribution in [0.5, 0.6) is 0 Å². The van der Waals surface area contributed by atoms with Crippen LogP contribution in [0.2, 0.25) is 0 Å². The van der Waals surface area contributed by atoms with Crippen LogP contribution in [0.1, 0.15) is 71.1 Å². The zero-order valence-electron chi connectivity index (χ0n) is 14.0. The van der Waals surface area contributed by atoms with Gasteiger partial charge in [-0.3, -0.25) is 9.59 Å². The van der Waals surface area contributed by atoms with Crippen molar-refractivity contribution in [3.8, 4) is 0 Å². The second kappa shape index (κ2) is 6.59. The summed E-state index contributed by atoms with van der Waals surface area (Å²) in [7, 11) is 0. The summed E-state index contributed by atoms with van der Waals surface area (Å²) in [5, 5.41) is 0. The Morgan fingerprint density at radius 3 is 2.50 bits per heavy atom. The van der Waals surface area contributed by atoms with Crippen LogP contribution >= 0.6 is 0 Å². The van der Waals surface area contributed by atoms with Crippen LogP contribution < -0.4 is 0 Å². The van der Waals surface area contributed by atoms with E-state index in [0.29, 0.717) is 11.8 Å². The van der Waals surface area contributed by atoms with Crippen LogP contribution in [-0.4, -0.2) is 47.3 Å². The third-order valence-corrected chi connectivity index (χ3v) is 6.07. The molecular formula is C18H30N2O2. The highest BCUT2D eigenvalue weighted by Crippen LogP contribution is 2.44. The molecule has 4 heteroatoms. The Labute approximate surface area is 134 Å². The Hall–Kier alpha value is -1.06. The van der Waals surface area contributed by atoms with Gasteiger partial charge in [-0.15, -0.1) is 0 Å². The lowest BCUT2D eigenvalue weighted by Crippen LogP contribution is -2.52. The maximum absolute atomic E-state index is 13.0. The first-order chi connectivity index (χ1) is 10.7. The molecule has 124 valence electrons. The first-order valence-corrected chi connectivity index (χ1v) is 9.23. The van der Waals surface area contributed by atoms with Crippen LogP contribution in [0.25, 0.3) is 0 Å². The fraction of sp³-hybridized carbons (Fsp3) is 0.889. The van der Waals surface area contributed by atoms with Gasteiger partial charge < -0.3 is 9.80 Å². The number of hydrogen-bond donors (Lipinski definition) is 0. The summed E-state index contributed by atoms with van der Waals surface area (Å²) in [5.41, 5.74) is 0.405. The molecule has 1 atom stereocenters. The first kappa shape index (κ1) is 15.8. The minimum atomic E-state index is -0.181. The molecule has 4 nitrogen and oxygen atoms in total. The van der Waals surface area contributed by atoms with Crippen molar-refractivity contribution in [2.24, 2.45) is 5.41 Å². The van der Waals surface area contributed by atoms with Gasteiger partial charge in [0, 0.05) is 26.1 Å². The normalized spacial score (nSPS) is 28.1. The molecular weight excluding hydrogens is 276 g/mol. The van der Waals surface area contributed by atoms with Gasteiger partial charge in [0.2, 0.25) is 11.8 Å². The van der Waals surface area contributed by atoms with Crippen molar-refractivity contribution in [2.75, 3.05) is 19.6 Å². The third-order valence-electron chi connectivity index (χ3n) is 6.07. The lowest BCUT2D eigenvalue weighted by atomic mass is 9.73. The van der Waals surface area contributed by atoms with Gasteiger partial charge in [-0.2, -0.15) is 0 Å². The molecule has 0 radical (unpaired) electrons. The second-order valence-corrected chi connectivity index (χ2v) is 7.52. The average Bonchev–Trinajstić information content (AvgIpc) is 2.97. The molecule has 0 aromatic carbocycles. The van der Waals surface area contributed by atoms with E-state index >= 15 is 0 Å². The lowest BCUT2D eigenvalue weighted by molar-refractivity contribution is -0.147. The molecule has 2 saturated heterocycles. The van der Waals surface area contributed by atoms with Gasteiger partial charge in [-0.1, -0.05) is 26.2 Å². The molecule has 0 bridgehead atoms. The SMILES string of the molecule is CCC(=O)N1CCCCC1C(=O)N1CCC2(CCCCC2)C1. The molecule has 1 spiro atoms. The predicted octanol–water partition coefficient (Wildman–Crippen LogP) is 2.96. The predicted molar refractivity (Wildman–Crippen MR) is 86.4 cm³/mol. The molecule has 2 aliphatic heterocycles. The summed E-state index contributed by atoms with van der Waals surface area (Å²) >= 11 is 0. The molecule has 1 unspecified atom stereocenters. The van der Waals surface area contributed by atoms with E-state index in [9.17, 15) is 9.59 Å². The van der Waals surface area contributed by atoms with Crippen molar-refractivity contribution >= 4 is 11.8 Å². The summed E-state index contributed by atoms with van der Waals surface area (Å²) in [6, 6.07) is -0.181. The third kappa shape index (κ3) is 3.02. The van der Waals surface area contributed by atoms with Gasteiger partial charge in [0.05, 0.1) is 0 Å². The fourth-order valence-electron chi connectivity index (χ4n) is 4.73. The van der Waals surface area contributed by atoms with E-state index in [2.05, 4.69) is 4.90 Å². The van der Waals surface area contributed by atoms with E-state index in [1.807, 2.05) is 11.8 Å². The van der Waals surface area contributed by atoms with Crippen LogP contribution in [0.4, 0.5) is 0 Å². The van der Waals surface area contributed by atoms with Crippen LogP contribution in [0, 0.1) is 5.41 Å². The summed E-state index contributed by atoms with van der Waals surface area (Å²) in [4.78, 5) is 29.1. The second-order valence-electron chi connectivity index (χ2n) is 7.52. The monoisotopic (exact) mass is 306 g/mol. The average molecular weight is 306 g/mol. The number of carbonyl (C=O) groups is 2. The number of carbonyl (C=O) groups excluding carboxylic acids is 2. The smallest absolute Gasteiger partial charge is 0.245 e. The summed E-state index contributed by atoms with van der Waals surface area (Å²) in [6.07, 6.45) is 11.2. The summed E-state index contributed by atoms with van der Waals surface area (Å²) < 4.78 is 0. The van der Waals surface area contributed by atoms with E-state index < -0.39 is 0 Å². The quantitative estimate of drug-likeness (QED) is 0.787. The summed E-state index contributed by atoms with van der Waals surface area (Å²) in [5.74, 6) is 0.369. The van der Waals surface area contributed by atoms with Crippen molar-refractivity contribution in [3.63, 3.8) is 0 Å². The van der Waals surface area contributed by atoms with Crippen molar-refractivity contribution in [3.05, 3.63) is 0 Å². The van der Waals surface area contributed by atoms with Gasteiger partial charge in [0.15, 0.2) is 0 Å². The minimum absolute atomic E-state index is 0.143. The lowest BCUT2D eigenvalue weighted by Gasteiger charge is -2.38. The topological polar surface area (TPSA) is 40.6 Å². The van der Waals surface area contributed by atoms with E-state index in [-0.39, 0.29) is 17.9 Å². The Bertz CT molecular complexity index is 429. The van der Waals surface area contributed by atoms with Crippen LogP contribution in [0.15, 0.2) is 0 Å². The minimum Gasteiger partial charge on any atom is -0.340 e. The molecule has 3 fully saturated rings. The molecule has 1 saturated carbocycles. The van der Waals surface area contributed by atoms with E-state index in [0.717, 1.165) is 38.9 Å². The molecule has 1 aliphatic carbocycles. The Morgan fingerprint density at radius 2 is 1.77 bits per heavy atom. The highest BCUT2D eigenvalue weighted by Gasteiger charge is 2.43. The maximum Gasteiger partial charge on any atom is 0.245 e. The van der Waals surface area contributed by atoms with Crippen molar-refractivity contribution in [2.45, 2.75) is 77.2 Å². The van der Waals surface area contributed by atoms with Crippen LogP contribution in [-0.2, 0) is 9.59 Å². The molecule has 3 aliphatic rings. The molecule has 0 aromatic heterocycles. The number of piperidine rings is 1. The number of rotatable bonds is 2. The highest BCUT2D eigenvalue weighted by atomic mass is 16.2. The van der Waals surface area contributed by atoms with Crippen molar-refractivity contribution in [1.29, 1.82) is 0 Å². The van der Waals surface area contributed by atoms with Gasteiger partial charge in [-0.05, 0) is 43.9 Å². The zero-order valence-corrected chi connectivity index (χ0v) is 14.0. The number of hydrogen-bond acceptors (Lipinski definition) is 2. The Morgan fingerprint density at radius 1 is 1.00 bits per heavy atom. The first-order valence-electron chi connectivity index (χ1n) is 9.23. The number of nitrogens with zero attached hydrogens (tertiary/aromatic N) is 2. The largest absolute Gasteiger partial charge is 0.340 e. The van der Waals surface area contributed by atoms with Gasteiger partial charge in [-0.25, -0.2) is 0 Å². The molecule has 2 amide bonds. The molecule has 22 heavy (non-hydrogen) atoms. The number of likely N-dealkylation sites (tertiary alicyclic amines) is 2. The van der Waals surface area contributed by atoms with Gasteiger partial charge in [0.1, 0.15) is 6.04 Å². The van der Waals surface area contributed by atoms with E-state index in [1.54, 1.807) is 0 Å². The Kier molecular flexibility index (Phi) is 4.74. The van der Waals surface area contributed by atoms with E-state index in [4.69, 9.17) is 0 Å². The fourth-order valence-corrected chi connectivity index (χ4v) is 4.73. The van der Waals surface area contributed by atoms with E-state index in [1.165, 1.54) is 38.5 Å². The van der Waals surface area contributed by atoms with Crippen molar-refractivity contribution in [1.82, 2.24) is 9.80 Å². The molecule has 0 aromatic rings. The van der Waals surface area contributed by atoms with Gasteiger partial charge in [0.25, 0.3) is 0 Å². The molecule has 3 rings (SSSR count). The van der Waals surface area contributed by atoms with Crippen LogP contribution in [0.3, 0.4) is 0 Å². The zero-order chi connectivity index (χ0) is 15.6. The standard InChI is InChI=1S/C18H30N2O2/c1-2-16(21)20-12-7-4-8-15(20)17(22)19-13-11-18(14-19)9-5-3-6-10-18/h15H,2-14H2,1H3. The molecule has 0 N–H and O–H groups in total. The summed E-state index contributed by atoms with van der Waals surface area (Å²) in [6.45, 7) is 4.51. The van der Waals surface area contributed by atoms with Gasteiger partial charge >= 0.3 is 0 Å². The number of amides is 2. The highest BCUT2D eigenvalue weighted by molar-refractivity contribution is 5.88. The Balaban J connectivity index is 1.66. The molecule has 2 heterocycles.